The van der Waals surface area contributed by atoms with E-state index < -0.39 is 29.3 Å². The quantitative estimate of drug-likeness (QED) is 0.646. The molecule has 0 aliphatic heterocycles. The van der Waals surface area contributed by atoms with Gasteiger partial charge in [0.1, 0.15) is 11.6 Å². The average molecular weight is 297 g/mol. The highest BCUT2D eigenvalue weighted by molar-refractivity contribution is 5.27. The number of nitrogens with one attached hydrogen (secondary N) is 1. The molecule has 0 saturated carbocycles. The third-order valence-electron chi connectivity index (χ3n) is 3.25. The Balaban J connectivity index is 2.35. The molecule has 21 heavy (non-hydrogen) atoms. The predicted octanol–water partition coefficient (Wildman–Crippen LogP) is 4.14. The largest absolute Gasteiger partial charge is 0.310 e. The Morgan fingerprint density at radius 2 is 1.57 bits per heavy atom. The molecule has 2 aromatic carbocycles. The summed E-state index contributed by atoms with van der Waals surface area (Å²) in [6, 6.07) is 6.80. The van der Waals surface area contributed by atoms with Crippen LogP contribution in [0.15, 0.2) is 36.4 Å². The van der Waals surface area contributed by atoms with E-state index in [1.54, 1.807) is 25.1 Å². The second-order valence-corrected chi connectivity index (χ2v) is 4.69. The Hall–Kier alpha value is -1.88. The van der Waals surface area contributed by atoms with Crippen LogP contribution in [0.4, 0.5) is 17.6 Å². The molecule has 1 unspecified atom stereocenters. The molecule has 2 rings (SSSR count). The third-order valence-corrected chi connectivity index (χ3v) is 3.25. The third kappa shape index (κ3) is 3.61. The molecule has 1 N–H and O–H groups in total. The van der Waals surface area contributed by atoms with Gasteiger partial charge in [-0.1, -0.05) is 25.1 Å². The molecule has 0 bridgehead atoms. The first kappa shape index (κ1) is 15.5. The van der Waals surface area contributed by atoms with Crippen LogP contribution >= 0.6 is 0 Å². The van der Waals surface area contributed by atoms with Crippen molar-refractivity contribution in [3.05, 3.63) is 70.8 Å². The van der Waals surface area contributed by atoms with Crippen LogP contribution in [-0.4, -0.2) is 6.54 Å². The van der Waals surface area contributed by atoms with Gasteiger partial charge >= 0.3 is 0 Å². The molecule has 2 aromatic rings. The molecule has 0 heterocycles. The van der Waals surface area contributed by atoms with Crippen molar-refractivity contribution in [3.63, 3.8) is 0 Å². The zero-order chi connectivity index (χ0) is 15.4. The topological polar surface area (TPSA) is 12.0 Å². The summed E-state index contributed by atoms with van der Waals surface area (Å²) in [5, 5.41) is 2.97. The van der Waals surface area contributed by atoms with Crippen LogP contribution in [0.2, 0.25) is 0 Å². The van der Waals surface area contributed by atoms with Crippen LogP contribution in [0.25, 0.3) is 0 Å². The van der Waals surface area contributed by atoms with Crippen LogP contribution in [0.3, 0.4) is 0 Å². The molecule has 0 spiro atoms. The van der Waals surface area contributed by atoms with Gasteiger partial charge in [0.15, 0.2) is 11.6 Å². The Morgan fingerprint density at radius 3 is 2.24 bits per heavy atom. The monoisotopic (exact) mass is 297 g/mol. The minimum Gasteiger partial charge on any atom is -0.310 e. The molecule has 0 aliphatic rings. The molecule has 0 fully saturated rings. The van der Waals surface area contributed by atoms with Gasteiger partial charge in [-0.2, -0.15) is 0 Å². The fourth-order valence-electron chi connectivity index (χ4n) is 2.23. The summed E-state index contributed by atoms with van der Waals surface area (Å²) < 4.78 is 53.9. The van der Waals surface area contributed by atoms with E-state index in [1.165, 1.54) is 6.07 Å². The van der Waals surface area contributed by atoms with E-state index >= 15 is 0 Å². The van der Waals surface area contributed by atoms with Crippen LogP contribution in [-0.2, 0) is 6.42 Å². The van der Waals surface area contributed by atoms with Gasteiger partial charge in [-0.25, -0.2) is 17.6 Å². The van der Waals surface area contributed by atoms with Gasteiger partial charge in [0.2, 0.25) is 0 Å². The van der Waals surface area contributed by atoms with Crippen molar-refractivity contribution >= 4 is 0 Å². The first-order chi connectivity index (χ1) is 10.0. The lowest BCUT2D eigenvalue weighted by Crippen LogP contribution is -2.24. The second-order valence-electron chi connectivity index (χ2n) is 4.69. The smallest absolute Gasteiger partial charge is 0.161 e. The zero-order valence-corrected chi connectivity index (χ0v) is 11.5. The maximum absolute atomic E-state index is 13.9. The summed E-state index contributed by atoms with van der Waals surface area (Å²) in [6.07, 6.45) is 0.141. The van der Waals surface area contributed by atoms with Crippen molar-refractivity contribution in [2.45, 2.75) is 19.4 Å². The van der Waals surface area contributed by atoms with Crippen molar-refractivity contribution in [2.24, 2.45) is 0 Å². The number of benzene rings is 2. The Kier molecular flexibility index (Phi) is 4.96. The summed E-state index contributed by atoms with van der Waals surface area (Å²) >= 11 is 0. The number of halogens is 4. The first-order valence-electron chi connectivity index (χ1n) is 6.64. The van der Waals surface area contributed by atoms with Gasteiger partial charge in [-0.05, 0) is 30.7 Å². The molecule has 0 saturated heterocycles. The van der Waals surface area contributed by atoms with Crippen LogP contribution < -0.4 is 5.32 Å². The highest BCUT2D eigenvalue weighted by Gasteiger charge is 2.19. The Morgan fingerprint density at radius 1 is 0.905 bits per heavy atom. The number of hydrogen-bond acceptors (Lipinski definition) is 1. The van der Waals surface area contributed by atoms with Crippen LogP contribution in [0.1, 0.15) is 24.1 Å². The number of likely N-dealkylation sites (N-methyl/N-ethyl adjacent to an activating group) is 1. The first-order valence-corrected chi connectivity index (χ1v) is 6.64. The molecular formula is C16H15F4N. The Bertz CT molecular complexity index is 628. The predicted molar refractivity (Wildman–Crippen MR) is 72.8 cm³/mol. The number of rotatable bonds is 5. The molecule has 1 atom stereocenters. The molecule has 0 radical (unpaired) electrons. The lowest BCUT2D eigenvalue weighted by atomic mass is 9.97. The van der Waals surface area contributed by atoms with Gasteiger partial charge in [-0.15, -0.1) is 0 Å². The van der Waals surface area contributed by atoms with Crippen molar-refractivity contribution in [1.82, 2.24) is 5.32 Å². The van der Waals surface area contributed by atoms with Crippen LogP contribution in [0.5, 0.6) is 0 Å². The van der Waals surface area contributed by atoms with E-state index in [4.69, 9.17) is 0 Å². The van der Waals surface area contributed by atoms with E-state index in [0.717, 1.165) is 6.07 Å². The van der Waals surface area contributed by atoms with Crippen molar-refractivity contribution in [3.8, 4) is 0 Å². The summed E-state index contributed by atoms with van der Waals surface area (Å²) in [5.41, 5.74) is 0.367. The Labute approximate surface area is 120 Å². The van der Waals surface area contributed by atoms with Gasteiger partial charge in [0.25, 0.3) is 0 Å². The molecule has 0 aromatic heterocycles. The van der Waals surface area contributed by atoms with Crippen LogP contribution in [0, 0.1) is 23.3 Å². The zero-order valence-electron chi connectivity index (χ0n) is 11.5. The summed E-state index contributed by atoms with van der Waals surface area (Å²) in [5.74, 6) is -3.63. The summed E-state index contributed by atoms with van der Waals surface area (Å²) in [7, 11) is 0. The minimum atomic E-state index is -1.24. The average Bonchev–Trinajstić information content (AvgIpc) is 2.45. The molecule has 112 valence electrons. The van der Waals surface area contributed by atoms with Crippen molar-refractivity contribution < 1.29 is 17.6 Å². The lowest BCUT2D eigenvalue weighted by Gasteiger charge is -2.19. The van der Waals surface area contributed by atoms with Gasteiger partial charge < -0.3 is 5.32 Å². The SMILES string of the molecule is CCNC(Cc1ccccc1F)c1cc(F)c(F)cc1F. The molecule has 0 aliphatic carbocycles. The van der Waals surface area contributed by atoms with E-state index in [2.05, 4.69) is 5.32 Å². The molecule has 1 nitrogen and oxygen atoms in total. The summed E-state index contributed by atoms with van der Waals surface area (Å²) in [6.45, 7) is 2.28. The van der Waals surface area contributed by atoms with E-state index in [0.29, 0.717) is 18.2 Å². The van der Waals surface area contributed by atoms with Crippen molar-refractivity contribution in [1.29, 1.82) is 0 Å². The normalized spacial score (nSPS) is 12.4. The highest BCUT2D eigenvalue weighted by atomic mass is 19.2. The van der Waals surface area contributed by atoms with Gasteiger partial charge in [0, 0.05) is 17.7 Å². The van der Waals surface area contributed by atoms with Crippen molar-refractivity contribution in [2.75, 3.05) is 6.54 Å². The molecule has 5 heteroatoms. The standard InChI is InChI=1S/C16H15F4N/c1-2-21-16(7-10-5-3-4-6-12(10)17)11-8-14(19)15(20)9-13(11)18/h3-6,8-9,16,21H,2,7H2,1H3. The maximum atomic E-state index is 13.9. The van der Waals surface area contributed by atoms with E-state index in [1.807, 2.05) is 0 Å². The lowest BCUT2D eigenvalue weighted by molar-refractivity contribution is 0.464. The fourth-order valence-corrected chi connectivity index (χ4v) is 2.23. The highest BCUT2D eigenvalue weighted by Crippen LogP contribution is 2.24. The summed E-state index contributed by atoms with van der Waals surface area (Å²) in [4.78, 5) is 0. The number of hydrogen-bond donors (Lipinski definition) is 1. The molecular weight excluding hydrogens is 282 g/mol. The minimum absolute atomic E-state index is 0.0148. The molecule has 0 amide bonds. The van der Waals surface area contributed by atoms with E-state index in [-0.39, 0.29) is 12.0 Å². The maximum Gasteiger partial charge on any atom is 0.161 e. The van der Waals surface area contributed by atoms with E-state index in [9.17, 15) is 17.6 Å². The fraction of sp³-hybridized carbons (Fsp3) is 0.250. The van der Waals surface area contributed by atoms with Gasteiger partial charge in [0.05, 0.1) is 0 Å². The second kappa shape index (κ2) is 6.72. The van der Waals surface area contributed by atoms with Gasteiger partial charge in [-0.3, -0.25) is 0 Å².